The second kappa shape index (κ2) is 7.38. The van der Waals surface area contributed by atoms with Crippen LogP contribution in [0, 0.1) is 0 Å². The summed E-state index contributed by atoms with van der Waals surface area (Å²) < 4.78 is 25.7. The minimum atomic E-state index is -3.37. The molecule has 0 saturated carbocycles. The molecule has 0 radical (unpaired) electrons. The van der Waals surface area contributed by atoms with Gasteiger partial charge in [-0.3, -0.25) is 9.36 Å². The van der Waals surface area contributed by atoms with Gasteiger partial charge in [0.25, 0.3) is 0 Å². The second-order valence-corrected chi connectivity index (χ2v) is 8.18. The van der Waals surface area contributed by atoms with Gasteiger partial charge in [-0.15, -0.1) is 0 Å². The Morgan fingerprint density at radius 2 is 1.88 bits per heavy atom. The fraction of sp³-hybridized carbons (Fsp3) is 0.467. The number of piperazine rings is 1. The Hall–Kier alpha value is -2.53. The average molecular weight is 379 g/mol. The summed E-state index contributed by atoms with van der Waals surface area (Å²) in [5.74, 6) is 1.31. The zero-order chi connectivity index (χ0) is 18.7. The van der Waals surface area contributed by atoms with E-state index in [2.05, 4.69) is 19.9 Å². The smallest absolute Gasteiger partial charge is 0.238 e. The van der Waals surface area contributed by atoms with E-state index in [0.717, 1.165) is 22.2 Å². The highest BCUT2D eigenvalue weighted by Gasteiger charge is 2.24. The van der Waals surface area contributed by atoms with Crippen LogP contribution in [0.2, 0.25) is 0 Å². The predicted molar refractivity (Wildman–Crippen MR) is 95.4 cm³/mol. The number of hydrogen-bond donors (Lipinski definition) is 0. The molecule has 3 heterocycles. The van der Waals surface area contributed by atoms with Crippen LogP contribution in [0.3, 0.4) is 0 Å². The van der Waals surface area contributed by atoms with Crippen molar-refractivity contribution in [2.75, 3.05) is 50.9 Å². The van der Waals surface area contributed by atoms with Gasteiger partial charge in [0.15, 0.2) is 0 Å². The number of hydrogen-bond acceptors (Lipinski definition) is 7. The van der Waals surface area contributed by atoms with Gasteiger partial charge in [-0.25, -0.2) is 23.4 Å². The monoisotopic (exact) mass is 379 g/mol. The van der Waals surface area contributed by atoms with Gasteiger partial charge in [-0.05, 0) is 0 Å². The summed E-state index contributed by atoms with van der Waals surface area (Å²) >= 11 is 0. The first-order chi connectivity index (χ1) is 12.3. The van der Waals surface area contributed by atoms with Crippen molar-refractivity contribution in [3.63, 3.8) is 0 Å². The predicted octanol–water partition coefficient (Wildman–Crippen LogP) is -0.798. The maximum atomic E-state index is 12.3. The lowest BCUT2D eigenvalue weighted by atomic mass is 10.3. The number of nitrogens with zero attached hydrogens (tertiary/aromatic N) is 7. The molecule has 2 aromatic rings. The molecule has 1 aliphatic heterocycles. The normalized spacial score (nSPS) is 15.5. The van der Waals surface area contributed by atoms with E-state index in [9.17, 15) is 13.2 Å². The minimum absolute atomic E-state index is 0.142. The molecule has 140 valence electrons. The Kier molecular flexibility index (Phi) is 5.18. The Morgan fingerprint density at radius 3 is 2.50 bits per heavy atom. The number of sulfonamides is 1. The molecule has 0 aliphatic carbocycles. The van der Waals surface area contributed by atoms with Gasteiger partial charge in [-0.2, -0.15) is 4.31 Å². The van der Waals surface area contributed by atoms with Crippen molar-refractivity contribution < 1.29 is 13.2 Å². The van der Waals surface area contributed by atoms with Crippen molar-refractivity contribution in [2.45, 2.75) is 0 Å². The number of aromatic nitrogens is 4. The molecule has 0 aromatic carbocycles. The SMILES string of the molecule is CN(CC(=O)N1CCN(c2cc(-n3ccnc3)ncn2)CC1)S(C)(=O)=O. The van der Waals surface area contributed by atoms with Gasteiger partial charge >= 0.3 is 0 Å². The summed E-state index contributed by atoms with van der Waals surface area (Å²) in [4.78, 5) is 28.6. The second-order valence-electron chi connectivity index (χ2n) is 6.09. The van der Waals surface area contributed by atoms with E-state index in [1.165, 1.54) is 13.4 Å². The van der Waals surface area contributed by atoms with Crippen molar-refractivity contribution in [3.8, 4) is 5.82 Å². The van der Waals surface area contributed by atoms with Gasteiger partial charge in [-0.1, -0.05) is 0 Å². The van der Waals surface area contributed by atoms with Crippen LogP contribution in [-0.2, 0) is 14.8 Å². The molecular weight excluding hydrogens is 358 g/mol. The summed E-state index contributed by atoms with van der Waals surface area (Å²) in [5, 5.41) is 0. The quantitative estimate of drug-likeness (QED) is 0.670. The molecule has 0 bridgehead atoms. The van der Waals surface area contributed by atoms with Crippen LogP contribution in [0.4, 0.5) is 5.82 Å². The minimum Gasteiger partial charge on any atom is -0.353 e. The van der Waals surface area contributed by atoms with E-state index < -0.39 is 10.0 Å². The van der Waals surface area contributed by atoms with Crippen LogP contribution in [0.5, 0.6) is 0 Å². The van der Waals surface area contributed by atoms with Crippen LogP contribution in [-0.4, -0.2) is 89.1 Å². The molecular formula is C15H21N7O3S. The summed E-state index contributed by atoms with van der Waals surface area (Å²) in [5.41, 5.74) is 0. The molecule has 26 heavy (non-hydrogen) atoms. The van der Waals surface area contributed by atoms with E-state index in [4.69, 9.17) is 0 Å². The molecule has 11 heteroatoms. The van der Waals surface area contributed by atoms with Crippen molar-refractivity contribution >= 4 is 21.7 Å². The molecule has 1 fully saturated rings. The first-order valence-corrected chi connectivity index (χ1v) is 9.94. The van der Waals surface area contributed by atoms with Gasteiger partial charge in [0.05, 0.1) is 12.8 Å². The molecule has 2 aromatic heterocycles. The lowest BCUT2D eigenvalue weighted by molar-refractivity contribution is -0.131. The van der Waals surface area contributed by atoms with Crippen LogP contribution in [0.25, 0.3) is 5.82 Å². The number of carbonyl (C=O) groups excluding carboxylic acids is 1. The van der Waals surface area contributed by atoms with Crippen LogP contribution < -0.4 is 4.90 Å². The molecule has 0 unspecified atom stereocenters. The number of likely N-dealkylation sites (N-methyl/N-ethyl adjacent to an activating group) is 1. The van der Waals surface area contributed by atoms with Crippen LogP contribution in [0.15, 0.2) is 31.1 Å². The van der Waals surface area contributed by atoms with E-state index in [0.29, 0.717) is 26.2 Å². The van der Waals surface area contributed by atoms with Crippen molar-refractivity contribution in [1.29, 1.82) is 0 Å². The molecule has 3 rings (SSSR count). The molecule has 1 amide bonds. The van der Waals surface area contributed by atoms with Gasteiger partial charge in [0, 0.05) is 51.7 Å². The third kappa shape index (κ3) is 4.17. The lowest BCUT2D eigenvalue weighted by Gasteiger charge is -2.36. The lowest BCUT2D eigenvalue weighted by Crippen LogP contribution is -2.51. The van der Waals surface area contributed by atoms with Crippen LogP contribution >= 0.6 is 0 Å². The van der Waals surface area contributed by atoms with E-state index in [-0.39, 0.29) is 12.5 Å². The molecule has 0 spiro atoms. The summed E-state index contributed by atoms with van der Waals surface area (Å²) in [6.45, 7) is 2.13. The zero-order valence-corrected chi connectivity index (χ0v) is 15.5. The maximum absolute atomic E-state index is 12.3. The largest absolute Gasteiger partial charge is 0.353 e. The summed E-state index contributed by atoms with van der Waals surface area (Å²) in [6, 6.07) is 1.87. The Morgan fingerprint density at radius 1 is 1.19 bits per heavy atom. The first-order valence-electron chi connectivity index (χ1n) is 8.09. The number of imidazole rings is 1. The van der Waals surface area contributed by atoms with Crippen molar-refractivity contribution in [1.82, 2.24) is 28.7 Å². The van der Waals surface area contributed by atoms with Crippen molar-refractivity contribution in [2.24, 2.45) is 0 Å². The van der Waals surface area contributed by atoms with Crippen LogP contribution in [0.1, 0.15) is 0 Å². The number of carbonyl (C=O) groups is 1. The molecule has 0 atom stereocenters. The third-order valence-corrected chi connectivity index (χ3v) is 5.55. The number of anilines is 1. The number of rotatable bonds is 5. The Labute approximate surface area is 152 Å². The Bertz CT molecular complexity index is 861. The van der Waals surface area contributed by atoms with Gasteiger partial charge in [0.2, 0.25) is 15.9 Å². The van der Waals surface area contributed by atoms with Gasteiger partial charge < -0.3 is 9.80 Å². The van der Waals surface area contributed by atoms with E-state index in [1.54, 1.807) is 28.2 Å². The molecule has 1 aliphatic rings. The standard InChI is InChI=1S/C15H21N7O3S/c1-19(26(2,24)25)10-15(23)21-7-5-20(6-8-21)13-9-14(18-11-17-13)22-4-3-16-12-22/h3-4,9,11-12H,5-8,10H2,1-2H3. The van der Waals surface area contributed by atoms with Crippen molar-refractivity contribution in [3.05, 3.63) is 31.1 Å². The fourth-order valence-corrected chi connectivity index (χ4v) is 2.98. The fourth-order valence-electron chi connectivity index (χ4n) is 2.64. The highest BCUT2D eigenvalue weighted by atomic mass is 32.2. The van der Waals surface area contributed by atoms with E-state index in [1.807, 2.05) is 6.07 Å². The Balaban J connectivity index is 1.60. The summed E-state index contributed by atoms with van der Waals surface area (Å²) in [6.07, 6.45) is 7.75. The zero-order valence-electron chi connectivity index (χ0n) is 14.7. The highest BCUT2D eigenvalue weighted by Crippen LogP contribution is 2.16. The molecule has 10 nitrogen and oxygen atoms in total. The topological polar surface area (TPSA) is 105 Å². The summed E-state index contributed by atoms with van der Waals surface area (Å²) in [7, 11) is -1.96. The average Bonchev–Trinajstić information content (AvgIpc) is 3.16. The van der Waals surface area contributed by atoms with Gasteiger partial charge in [0.1, 0.15) is 24.3 Å². The molecule has 0 N–H and O–H groups in total. The molecule has 1 saturated heterocycles. The first kappa shape index (κ1) is 18.3. The third-order valence-electron chi connectivity index (χ3n) is 4.29. The highest BCUT2D eigenvalue weighted by molar-refractivity contribution is 7.88. The maximum Gasteiger partial charge on any atom is 0.238 e. The van der Waals surface area contributed by atoms with E-state index >= 15 is 0 Å². The number of amides is 1.